The Labute approximate surface area is 161 Å². The molecule has 0 spiro atoms. The van der Waals surface area contributed by atoms with Crippen molar-refractivity contribution >= 4 is 23.5 Å². The third kappa shape index (κ3) is 3.04. The van der Waals surface area contributed by atoms with Crippen LogP contribution in [-0.2, 0) is 15.5 Å². The Morgan fingerprint density at radius 2 is 1.68 bits per heavy atom. The first-order valence-corrected chi connectivity index (χ1v) is 9.37. The molecule has 0 radical (unpaired) electrons. The number of fused-ring (bicyclic) bond motifs is 1. The lowest BCUT2D eigenvalue weighted by Crippen LogP contribution is -2.42. The highest BCUT2D eigenvalue weighted by Crippen LogP contribution is 2.44. The Bertz CT molecular complexity index is 912. The Morgan fingerprint density at radius 3 is 2.18 bits per heavy atom. The molecule has 5 nitrogen and oxygen atoms in total. The molecule has 1 aliphatic heterocycles. The highest BCUT2D eigenvalue weighted by atomic mass is 19.4. The molecule has 1 saturated heterocycles. The topological polar surface area (TPSA) is 56.5 Å². The van der Waals surface area contributed by atoms with E-state index in [9.17, 15) is 18.3 Å². The van der Waals surface area contributed by atoms with E-state index in [-0.39, 0.29) is 11.6 Å². The van der Waals surface area contributed by atoms with Gasteiger partial charge in [-0.15, -0.1) is 0 Å². The van der Waals surface area contributed by atoms with Crippen LogP contribution in [-0.4, -0.2) is 38.8 Å². The van der Waals surface area contributed by atoms with Gasteiger partial charge >= 0.3 is 13.3 Å². The number of alkyl halides is 3. The van der Waals surface area contributed by atoms with E-state index >= 15 is 0 Å². The summed E-state index contributed by atoms with van der Waals surface area (Å²) in [6, 6.07) is 2.49. The smallest absolute Gasteiger partial charge is 0.399 e. The van der Waals surface area contributed by atoms with Gasteiger partial charge in [0.05, 0.1) is 40.1 Å². The first-order chi connectivity index (χ1) is 12.7. The van der Waals surface area contributed by atoms with Gasteiger partial charge < -0.3 is 14.4 Å². The molecule has 0 unspecified atom stereocenters. The molecule has 1 aliphatic carbocycles. The van der Waals surface area contributed by atoms with Crippen molar-refractivity contribution in [3.05, 3.63) is 23.9 Å². The summed E-state index contributed by atoms with van der Waals surface area (Å²) >= 11 is 0. The molecule has 1 saturated carbocycles. The van der Waals surface area contributed by atoms with E-state index in [1.165, 1.54) is 10.9 Å². The van der Waals surface area contributed by atoms with Gasteiger partial charge in [0, 0.05) is 5.39 Å². The second-order valence-corrected chi connectivity index (χ2v) is 9.24. The average Bonchev–Trinajstić information content (AvgIpc) is 3.01. The zero-order chi connectivity index (χ0) is 20.7. The lowest BCUT2D eigenvalue weighted by molar-refractivity contribution is -0.136. The number of aromatic nitrogens is 2. The van der Waals surface area contributed by atoms with E-state index in [1.807, 2.05) is 27.7 Å². The summed E-state index contributed by atoms with van der Waals surface area (Å²) < 4.78 is 55.0. The van der Waals surface area contributed by atoms with Gasteiger partial charge in [-0.1, -0.05) is 6.07 Å². The number of halogens is 3. The van der Waals surface area contributed by atoms with Gasteiger partial charge in [0.1, 0.15) is 0 Å². The maximum atomic E-state index is 13.9. The second kappa shape index (κ2) is 5.74. The molecule has 0 bridgehead atoms. The fourth-order valence-electron chi connectivity index (χ4n) is 3.95. The number of nitrogens with zero attached hydrogens (tertiary/aromatic N) is 2. The normalized spacial score (nSPS) is 29.3. The van der Waals surface area contributed by atoms with Crippen molar-refractivity contribution in [3.63, 3.8) is 0 Å². The van der Waals surface area contributed by atoms with Crippen LogP contribution in [0.25, 0.3) is 10.9 Å². The third-order valence-electron chi connectivity index (χ3n) is 6.24. The maximum absolute atomic E-state index is 13.9. The number of aliphatic hydroxyl groups is 1. The third-order valence-corrected chi connectivity index (χ3v) is 6.24. The second-order valence-electron chi connectivity index (χ2n) is 9.24. The predicted molar refractivity (Wildman–Crippen MR) is 99.3 cm³/mol. The van der Waals surface area contributed by atoms with Crippen molar-refractivity contribution in [1.82, 2.24) is 9.78 Å². The van der Waals surface area contributed by atoms with E-state index < -0.39 is 35.7 Å². The molecule has 1 aromatic heterocycles. The summed E-state index contributed by atoms with van der Waals surface area (Å²) in [4.78, 5) is 0. The molecule has 2 heterocycles. The molecular formula is C19H24BF3N2O3. The van der Waals surface area contributed by atoms with Crippen molar-refractivity contribution in [2.24, 2.45) is 0 Å². The fourth-order valence-corrected chi connectivity index (χ4v) is 3.95. The van der Waals surface area contributed by atoms with Crippen molar-refractivity contribution in [3.8, 4) is 0 Å². The van der Waals surface area contributed by atoms with Crippen LogP contribution in [0.5, 0.6) is 0 Å². The summed E-state index contributed by atoms with van der Waals surface area (Å²) in [7, 11) is -0.886. The molecule has 1 aromatic carbocycles. The zero-order valence-corrected chi connectivity index (χ0v) is 16.6. The minimum Gasteiger partial charge on any atom is -0.399 e. The summed E-state index contributed by atoms with van der Waals surface area (Å²) in [5.41, 5.74) is -2.56. The van der Waals surface area contributed by atoms with Gasteiger partial charge in [0.25, 0.3) is 0 Å². The van der Waals surface area contributed by atoms with E-state index in [4.69, 9.17) is 9.31 Å². The number of hydrogen-bond donors (Lipinski definition) is 1. The van der Waals surface area contributed by atoms with E-state index in [0.717, 1.165) is 6.07 Å². The largest absolute Gasteiger partial charge is 0.494 e. The Balaban J connectivity index is 1.80. The lowest BCUT2D eigenvalue weighted by Gasteiger charge is -2.41. The molecule has 2 fully saturated rings. The number of hydrogen-bond acceptors (Lipinski definition) is 4. The van der Waals surface area contributed by atoms with Gasteiger partial charge in [0.2, 0.25) is 0 Å². The van der Waals surface area contributed by atoms with Crippen LogP contribution in [0.15, 0.2) is 18.3 Å². The molecule has 0 atom stereocenters. The number of benzene rings is 1. The predicted octanol–water partition coefficient (Wildman–Crippen LogP) is 3.44. The summed E-state index contributed by atoms with van der Waals surface area (Å²) in [6.45, 7) is 9.11. The van der Waals surface area contributed by atoms with E-state index in [2.05, 4.69) is 5.10 Å². The highest BCUT2D eigenvalue weighted by molar-refractivity contribution is 6.62. The Kier molecular flexibility index (Phi) is 4.04. The van der Waals surface area contributed by atoms with Crippen LogP contribution in [0.3, 0.4) is 0 Å². The summed E-state index contributed by atoms with van der Waals surface area (Å²) in [6.07, 6.45) is -2.37. The van der Waals surface area contributed by atoms with Crippen molar-refractivity contribution in [1.29, 1.82) is 0 Å². The minimum absolute atomic E-state index is 0.0354. The van der Waals surface area contributed by atoms with Gasteiger partial charge in [-0.05, 0) is 59.0 Å². The summed E-state index contributed by atoms with van der Waals surface area (Å²) in [5, 5.41) is 14.6. The monoisotopic (exact) mass is 396 g/mol. The van der Waals surface area contributed by atoms with Crippen LogP contribution >= 0.6 is 0 Å². The van der Waals surface area contributed by atoms with Crippen LogP contribution in [0.4, 0.5) is 13.2 Å². The molecule has 4 rings (SSSR count). The molecule has 0 amide bonds. The van der Waals surface area contributed by atoms with Crippen LogP contribution < -0.4 is 5.46 Å². The molecule has 9 heteroatoms. The standard InChI is InChI=1S/C19H24BF3N2O3/c1-16(2)17(3,4)28-20(27-16)12-6-11-10-24-25(13-8-18(5,26)9-13)15(11)14(7-12)19(21,22)23/h6-7,10,13,26H,8-9H2,1-5H3/t13-,18+. The van der Waals surface area contributed by atoms with Crippen molar-refractivity contribution in [2.75, 3.05) is 0 Å². The van der Waals surface area contributed by atoms with Gasteiger partial charge in [0.15, 0.2) is 0 Å². The Morgan fingerprint density at radius 1 is 1.11 bits per heavy atom. The molecule has 2 aromatic rings. The average molecular weight is 396 g/mol. The highest BCUT2D eigenvalue weighted by Gasteiger charge is 2.52. The quantitative estimate of drug-likeness (QED) is 0.791. The van der Waals surface area contributed by atoms with Gasteiger partial charge in [-0.2, -0.15) is 18.3 Å². The maximum Gasteiger partial charge on any atom is 0.494 e. The van der Waals surface area contributed by atoms with Gasteiger partial charge in [-0.25, -0.2) is 0 Å². The molecular weight excluding hydrogens is 372 g/mol. The van der Waals surface area contributed by atoms with Crippen LogP contribution in [0.2, 0.25) is 0 Å². The summed E-state index contributed by atoms with van der Waals surface area (Å²) in [5.74, 6) is 0. The lowest BCUT2D eigenvalue weighted by atomic mass is 9.76. The SMILES string of the molecule is CC1(C)OB(c2cc(C(F)(F)F)c3c(cnn3[C@H]3C[C@@](C)(O)C3)c2)OC1(C)C. The zero-order valence-electron chi connectivity index (χ0n) is 16.6. The fraction of sp³-hybridized carbons (Fsp3) is 0.632. The van der Waals surface area contributed by atoms with E-state index in [0.29, 0.717) is 23.7 Å². The molecule has 152 valence electrons. The molecule has 28 heavy (non-hydrogen) atoms. The molecule has 2 aliphatic rings. The van der Waals surface area contributed by atoms with E-state index in [1.54, 1.807) is 13.0 Å². The minimum atomic E-state index is -4.55. The van der Waals surface area contributed by atoms with Crippen LogP contribution in [0, 0.1) is 0 Å². The number of rotatable bonds is 2. The van der Waals surface area contributed by atoms with Crippen LogP contribution in [0.1, 0.15) is 59.1 Å². The Hall–Kier alpha value is -1.58. The van der Waals surface area contributed by atoms with Gasteiger partial charge in [-0.3, -0.25) is 4.68 Å². The van der Waals surface area contributed by atoms with Crippen molar-refractivity contribution < 1.29 is 27.6 Å². The first kappa shape index (κ1) is 19.7. The first-order valence-electron chi connectivity index (χ1n) is 9.37. The molecule has 1 N–H and O–H groups in total. The van der Waals surface area contributed by atoms with Crippen molar-refractivity contribution in [2.45, 2.75) is 76.5 Å².